The molecule has 2 saturated carbocycles. The minimum atomic E-state index is 0. The van der Waals surface area contributed by atoms with Gasteiger partial charge in [-0.15, -0.1) is 6.42 Å². The van der Waals surface area contributed by atoms with Gasteiger partial charge in [-0.05, 0) is 25.2 Å². The van der Waals surface area contributed by atoms with E-state index in [-0.39, 0.29) is 7.58 Å². The van der Waals surface area contributed by atoms with Crippen LogP contribution in [-0.4, -0.2) is 0 Å². The van der Waals surface area contributed by atoms with Gasteiger partial charge in [0.2, 0.25) is 0 Å². The summed E-state index contributed by atoms with van der Waals surface area (Å²) in [4.78, 5) is 0. The summed E-state index contributed by atoms with van der Waals surface area (Å²) in [6.45, 7) is 0. The van der Waals surface area contributed by atoms with Gasteiger partial charge in [0.1, 0.15) is 0 Å². The van der Waals surface area contributed by atoms with Crippen LogP contribution in [0.1, 0.15) is 52.8 Å². The molecule has 0 unspecified atom stereocenters. The Morgan fingerprint density at radius 1 is 1.23 bits per heavy atom. The predicted octanol–water partition coefficient (Wildman–Crippen LogP) is 3.78. The van der Waals surface area contributed by atoms with E-state index in [1.807, 2.05) is 0 Å². The second kappa shape index (κ2) is 4.15. The molecule has 0 spiro atoms. The third kappa shape index (κ3) is 2.48. The molecule has 2 aliphatic rings. The lowest BCUT2D eigenvalue weighted by Crippen LogP contribution is -2.11. The van der Waals surface area contributed by atoms with Gasteiger partial charge in [0.15, 0.2) is 0 Å². The molecule has 2 fully saturated rings. The second-order valence-corrected chi connectivity index (χ2v) is 4.63. The molecule has 13 heavy (non-hydrogen) atoms. The average Bonchev–Trinajstić information content (AvgIpc) is 2.88. The Labute approximate surface area is 83.4 Å². The first kappa shape index (κ1) is 10.6. The number of terminal acetylenes is 1. The molecule has 0 aliphatic heterocycles. The molecular weight excluding hydrogens is 158 g/mol. The van der Waals surface area contributed by atoms with Crippen molar-refractivity contribution in [3.05, 3.63) is 0 Å². The molecule has 0 atom stereocenters. The van der Waals surface area contributed by atoms with Crippen molar-refractivity contribution in [2.75, 3.05) is 0 Å². The van der Waals surface area contributed by atoms with Gasteiger partial charge in [-0.1, -0.05) is 38.0 Å². The van der Waals surface area contributed by atoms with Crippen LogP contribution in [0, 0.1) is 23.7 Å². The van der Waals surface area contributed by atoms with E-state index >= 15 is 0 Å². The van der Waals surface area contributed by atoms with Crippen LogP contribution in [0.4, 0.5) is 0 Å². The number of hydrogen-bond donors (Lipinski definition) is 1. The quantitative estimate of drug-likeness (QED) is 0.646. The fourth-order valence-corrected chi connectivity index (χ4v) is 2.50. The Hall–Kier alpha value is -0.480. The van der Waals surface area contributed by atoms with Crippen LogP contribution < -0.4 is 6.15 Å². The van der Waals surface area contributed by atoms with E-state index < -0.39 is 0 Å². The van der Waals surface area contributed by atoms with E-state index in [9.17, 15) is 0 Å². The summed E-state index contributed by atoms with van der Waals surface area (Å²) in [7, 11) is 0. The Morgan fingerprint density at radius 3 is 2.31 bits per heavy atom. The molecule has 0 saturated heterocycles. The largest absolute Gasteiger partial charge is 0.344 e. The number of rotatable bonds is 2. The van der Waals surface area contributed by atoms with E-state index in [1.165, 1.54) is 51.4 Å². The maximum absolute atomic E-state index is 5.54. The van der Waals surface area contributed by atoms with E-state index in [0.29, 0.717) is 5.41 Å². The molecule has 1 nitrogen and oxygen atoms in total. The second-order valence-electron chi connectivity index (χ2n) is 4.63. The standard InChI is InChI=1S/C12H18.H3N.H2/c1-2-12(8-9-12)10-11-6-4-3-5-7-11;;/h1,11H,3-10H2;1H3;1H. The van der Waals surface area contributed by atoms with Crippen molar-refractivity contribution in [3.63, 3.8) is 0 Å². The van der Waals surface area contributed by atoms with Gasteiger partial charge in [0.05, 0.1) is 0 Å². The van der Waals surface area contributed by atoms with Gasteiger partial charge >= 0.3 is 0 Å². The molecule has 0 aromatic carbocycles. The topological polar surface area (TPSA) is 35.0 Å². The van der Waals surface area contributed by atoms with Crippen LogP contribution in [0.2, 0.25) is 0 Å². The van der Waals surface area contributed by atoms with Crippen LogP contribution in [0.15, 0.2) is 0 Å². The SMILES string of the molecule is C#CC1(CC2CCCCC2)CC1.N.[HH]. The third-order valence-corrected chi connectivity index (χ3v) is 3.56. The Morgan fingerprint density at radius 2 is 1.85 bits per heavy atom. The van der Waals surface area contributed by atoms with E-state index in [0.717, 1.165) is 5.92 Å². The minimum absolute atomic E-state index is 0. The minimum Gasteiger partial charge on any atom is -0.344 e. The van der Waals surface area contributed by atoms with Crippen LogP contribution >= 0.6 is 0 Å². The molecule has 0 radical (unpaired) electrons. The van der Waals surface area contributed by atoms with Gasteiger partial charge in [-0.3, -0.25) is 0 Å². The molecule has 2 aliphatic carbocycles. The molecule has 1 heteroatoms. The highest BCUT2D eigenvalue weighted by Crippen LogP contribution is 2.51. The summed E-state index contributed by atoms with van der Waals surface area (Å²) in [6.07, 6.45) is 16.7. The van der Waals surface area contributed by atoms with Crippen LogP contribution in [0.3, 0.4) is 0 Å². The van der Waals surface area contributed by atoms with Crippen molar-refractivity contribution < 1.29 is 1.43 Å². The smallest absolute Gasteiger partial charge is 0.0315 e. The first-order chi connectivity index (χ1) is 5.85. The van der Waals surface area contributed by atoms with Crippen molar-refractivity contribution in [1.29, 1.82) is 0 Å². The predicted molar refractivity (Wildman–Crippen MR) is 58.8 cm³/mol. The van der Waals surface area contributed by atoms with Crippen molar-refractivity contribution in [3.8, 4) is 12.3 Å². The summed E-state index contributed by atoms with van der Waals surface area (Å²) < 4.78 is 0. The summed E-state index contributed by atoms with van der Waals surface area (Å²) in [5, 5.41) is 0. The fourth-order valence-electron chi connectivity index (χ4n) is 2.50. The summed E-state index contributed by atoms with van der Waals surface area (Å²) in [5.41, 5.74) is 0.377. The first-order valence-corrected chi connectivity index (χ1v) is 5.32. The lowest BCUT2D eigenvalue weighted by atomic mass is 9.82. The molecule has 0 amide bonds. The highest BCUT2D eigenvalue weighted by atomic mass is 14.4. The van der Waals surface area contributed by atoms with Gasteiger partial charge in [-0.25, -0.2) is 0 Å². The molecule has 3 N–H and O–H groups in total. The lowest BCUT2D eigenvalue weighted by molar-refractivity contribution is 0.305. The Kier molecular flexibility index (Phi) is 3.39. The molecule has 0 bridgehead atoms. The van der Waals surface area contributed by atoms with Gasteiger partial charge in [0, 0.05) is 6.84 Å². The summed E-state index contributed by atoms with van der Waals surface area (Å²) in [6, 6.07) is 0. The number of hydrogen-bond acceptors (Lipinski definition) is 1. The van der Waals surface area contributed by atoms with E-state index in [1.54, 1.807) is 0 Å². The van der Waals surface area contributed by atoms with Crippen molar-refractivity contribution >= 4 is 0 Å². The molecule has 0 aromatic heterocycles. The Balaban J connectivity index is 0.000000845. The third-order valence-electron chi connectivity index (χ3n) is 3.56. The zero-order valence-corrected chi connectivity index (χ0v) is 8.52. The maximum atomic E-state index is 5.54. The first-order valence-electron chi connectivity index (χ1n) is 5.32. The van der Waals surface area contributed by atoms with Gasteiger partial charge in [-0.2, -0.15) is 0 Å². The highest BCUT2D eigenvalue weighted by molar-refractivity contribution is 5.15. The summed E-state index contributed by atoms with van der Waals surface area (Å²) in [5.74, 6) is 3.97. The van der Waals surface area contributed by atoms with Crippen LogP contribution in [0.5, 0.6) is 0 Å². The van der Waals surface area contributed by atoms with Gasteiger partial charge < -0.3 is 6.15 Å². The monoisotopic (exact) mass is 181 g/mol. The Bertz CT molecular complexity index is 197. The highest BCUT2D eigenvalue weighted by Gasteiger charge is 2.42. The average molecular weight is 181 g/mol. The zero-order valence-electron chi connectivity index (χ0n) is 8.52. The fraction of sp³-hybridized carbons (Fsp3) is 0.833. The van der Waals surface area contributed by atoms with E-state index in [4.69, 9.17) is 6.42 Å². The van der Waals surface area contributed by atoms with Crippen LogP contribution in [0.25, 0.3) is 0 Å². The molecule has 76 valence electrons. The van der Waals surface area contributed by atoms with Crippen molar-refractivity contribution in [1.82, 2.24) is 6.15 Å². The lowest BCUT2D eigenvalue weighted by Gasteiger charge is -2.23. The van der Waals surface area contributed by atoms with Crippen LogP contribution in [-0.2, 0) is 0 Å². The normalized spacial score (nSPS) is 25.8. The molecule has 0 aromatic rings. The molecular formula is C12H23N. The maximum Gasteiger partial charge on any atom is 0.0315 e. The molecule has 0 heterocycles. The zero-order chi connectivity index (χ0) is 8.44. The van der Waals surface area contributed by atoms with Crippen molar-refractivity contribution in [2.24, 2.45) is 11.3 Å². The van der Waals surface area contributed by atoms with Gasteiger partial charge in [0.25, 0.3) is 0 Å². The summed E-state index contributed by atoms with van der Waals surface area (Å²) >= 11 is 0. The van der Waals surface area contributed by atoms with E-state index in [2.05, 4.69) is 5.92 Å². The van der Waals surface area contributed by atoms with Crippen molar-refractivity contribution in [2.45, 2.75) is 51.4 Å². The molecule has 2 rings (SSSR count).